The molecule has 0 aromatic heterocycles. The van der Waals surface area contributed by atoms with E-state index in [-0.39, 0.29) is 0 Å². The van der Waals surface area contributed by atoms with Crippen LogP contribution >= 0.6 is 23.5 Å². The molecule has 1 unspecified atom stereocenters. The van der Waals surface area contributed by atoms with E-state index in [0.29, 0.717) is 5.37 Å². The van der Waals surface area contributed by atoms with Crippen LogP contribution in [0.15, 0.2) is 81.6 Å². The summed E-state index contributed by atoms with van der Waals surface area (Å²) in [5, 5.41) is 6.19. The lowest BCUT2D eigenvalue weighted by molar-refractivity contribution is 0.314. The molecule has 2 heterocycles. The highest BCUT2D eigenvalue weighted by atomic mass is 32.2. The lowest BCUT2D eigenvalue weighted by Crippen LogP contribution is -2.52. The maximum absolute atomic E-state index is 4.69. The summed E-state index contributed by atoms with van der Waals surface area (Å²) >= 11 is 3.73. The molecule has 0 bridgehead atoms. The van der Waals surface area contributed by atoms with Crippen LogP contribution in [0.1, 0.15) is 13.8 Å². The van der Waals surface area contributed by atoms with Crippen molar-refractivity contribution in [2.75, 3.05) is 13.1 Å². The van der Waals surface area contributed by atoms with E-state index in [0.717, 1.165) is 28.3 Å². The molecule has 0 aliphatic carbocycles. The van der Waals surface area contributed by atoms with Crippen molar-refractivity contribution >= 4 is 34.9 Å². The molecule has 4 rings (SSSR count). The van der Waals surface area contributed by atoms with Crippen LogP contribution < -0.4 is 4.48 Å². The quantitative estimate of drug-likeness (QED) is 0.561. The molecule has 2 nitrogen and oxygen atoms in total. The number of allylic oxidation sites excluding steroid dienone is 2. The minimum atomic E-state index is 0.429. The van der Waals surface area contributed by atoms with E-state index in [2.05, 4.69) is 74.5 Å². The molecule has 0 radical (unpaired) electrons. The van der Waals surface area contributed by atoms with Gasteiger partial charge in [-0.2, -0.15) is 0 Å². The summed E-state index contributed by atoms with van der Waals surface area (Å²) in [4.78, 5) is 2.66. The smallest absolute Gasteiger partial charge is 0.164 e. The number of rotatable bonds is 4. The van der Waals surface area contributed by atoms with E-state index in [9.17, 15) is 0 Å². The van der Waals surface area contributed by atoms with Crippen LogP contribution in [-0.4, -0.2) is 18.5 Å². The molecule has 128 valence electrons. The van der Waals surface area contributed by atoms with Gasteiger partial charge in [-0.1, -0.05) is 59.3 Å². The van der Waals surface area contributed by atoms with Gasteiger partial charge in [0.05, 0.1) is 18.0 Å². The average Bonchev–Trinajstić information content (AvgIpc) is 3.20. The SMILES string of the molecule is CC[N+]1(CC)c2ccccc2SC1/C=C/C=C1\[N-]c2ccccc2S1. The summed E-state index contributed by atoms with van der Waals surface area (Å²) < 4.78 is 1.02. The highest BCUT2D eigenvalue weighted by Crippen LogP contribution is 2.50. The van der Waals surface area contributed by atoms with Crippen LogP contribution in [0, 0.1) is 0 Å². The van der Waals surface area contributed by atoms with Crippen molar-refractivity contribution in [1.82, 2.24) is 4.48 Å². The molecule has 0 fully saturated rings. The molecular formula is C21H22N2S2. The molecule has 0 saturated heterocycles. The maximum atomic E-state index is 4.69. The maximum Gasteiger partial charge on any atom is 0.164 e. The molecule has 1 atom stereocenters. The van der Waals surface area contributed by atoms with Crippen molar-refractivity contribution in [3.05, 3.63) is 77.1 Å². The number of likely N-dealkylation sites (N-methyl/N-ethyl adjacent to an activating group) is 1. The summed E-state index contributed by atoms with van der Waals surface area (Å²) in [6.45, 7) is 6.81. The fourth-order valence-corrected chi connectivity index (χ4v) is 6.07. The van der Waals surface area contributed by atoms with Gasteiger partial charge in [0.1, 0.15) is 5.69 Å². The van der Waals surface area contributed by atoms with Crippen molar-refractivity contribution < 1.29 is 0 Å². The van der Waals surface area contributed by atoms with E-state index in [1.165, 1.54) is 15.5 Å². The number of thioether (sulfide) groups is 2. The standard InChI is InChI=1S/C21H22N2S2/c1-3-23(4-2)17-11-6-8-13-19(17)25-21(23)15-9-14-20-22-16-10-5-7-12-18(16)24-20/h5-15,21H,3-4H2,1-2H3/b15-9+,20-14+. The van der Waals surface area contributed by atoms with E-state index >= 15 is 0 Å². The second-order valence-electron chi connectivity index (χ2n) is 6.21. The van der Waals surface area contributed by atoms with Crippen molar-refractivity contribution in [2.45, 2.75) is 29.0 Å². The molecule has 2 aliphatic heterocycles. The second kappa shape index (κ2) is 6.94. The number of fused-ring (bicyclic) bond motifs is 2. The van der Waals surface area contributed by atoms with Gasteiger partial charge in [0.2, 0.25) is 0 Å². The van der Waals surface area contributed by atoms with Gasteiger partial charge >= 0.3 is 0 Å². The zero-order chi connectivity index (χ0) is 17.3. The third-order valence-electron chi connectivity index (χ3n) is 5.03. The van der Waals surface area contributed by atoms with Crippen molar-refractivity contribution in [1.29, 1.82) is 0 Å². The lowest BCUT2D eigenvalue weighted by atomic mass is 10.2. The van der Waals surface area contributed by atoms with Crippen LogP contribution in [0.3, 0.4) is 0 Å². The number of quaternary nitrogens is 1. The summed E-state index contributed by atoms with van der Waals surface area (Å²) in [6.07, 6.45) is 6.69. The second-order valence-corrected chi connectivity index (χ2v) is 8.43. The summed E-state index contributed by atoms with van der Waals surface area (Å²) in [5.41, 5.74) is 2.55. The third-order valence-corrected chi connectivity index (χ3v) is 7.44. The Morgan fingerprint density at radius 2 is 1.72 bits per heavy atom. The van der Waals surface area contributed by atoms with E-state index < -0.39 is 0 Å². The monoisotopic (exact) mass is 366 g/mol. The Bertz CT molecular complexity index is 810. The van der Waals surface area contributed by atoms with E-state index in [1.54, 1.807) is 11.8 Å². The summed E-state index contributed by atoms with van der Waals surface area (Å²) in [5.74, 6) is 0. The number of benzene rings is 2. The minimum absolute atomic E-state index is 0.429. The molecular weight excluding hydrogens is 344 g/mol. The number of nitrogens with zero attached hydrogens (tertiary/aromatic N) is 2. The molecule has 0 saturated carbocycles. The first-order chi connectivity index (χ1) is 12.3. The third kappa shape index (κ3) is 2.92. The first-order valence-electron chi connectivity index (χ1n) is 8.77. The first-order valence-corrected chi connectivity index (χ1v) is 10.5. The lowest BCUT2D eigenvalue weighted by Gasteiger charge is -2.36. The zero-order valence-electron chi connectivity index (χ0n) is 14.6. The van der Waals surface area contributed by atoms with Crippen LogP contribution in [0.5, 0.6) is 0 Å². The highest BCUT2D eigenvalue weighted by Gasteiger charge is 2.43. The van der Waals surface area contributed by atoms with Gasteiger partial charge in [0, 0.05) is 6.07 Å². The molecule has 0 spiro atoms. The topological polar surface area (TPSA) is 14.1 Å². The Labute approximate surface area is 158 Å². The summed E-state index contributed by atoms with van der Waals surface area (Å²) in [7, 11) is 0. The molecule has 4 heteroatoms. The zero-order valence-corrected chi connectivity index (χ0v) is 16.2. The fourth-order valence-electron chi connectivity index (χ4n) is 3.62. The van der Waals surface area contributed by atoms with E-state index in [1.807, 2.05) is 17.8 Å². The Morgan fingerprint density at radius 1 is 1.00 bits per heavy atom. The van der Waals surface area contributed by atoms with Gasteiger partial charge in [0.15, 0.2) is 5.37 Å². The highest BCUT2D eigenvalue weighted by molar-refractivity contribution is 8.03. The number of para-hydroxylation sites is 2. The summed E-state index contributed by atoms with van der Waals surface area (Å²) in [6, 6.07) is 17.2. The minimum Gasteiger partial charge on any atom is -0.651 e. The van der Waals surface area contributed by atoms with Crippen LogP contribution in [-0.2, 0) is 0 Å². The average molecular weight is 367 g/mol. The van der Waals surface area contributed by atoms with E-state index in [4.69, 9.17) is 5.32 Å². The first kappa shape index (κ1) is 16.8. The molecule has 2 aliphatic rings. The molecule has 25 heavy (non-hydrogen) atoms. The molecule has 0 amide bonds. The fraction of sp³-hybridized carbons (Fsp3) is 0.238. The predicted molar refractivity (Wildman–Crippen MR) is 112 cm³/mol. The predicted octanol–water partition coefficient (Wildman–Crippen LogP) is 6.67. The van der Waals surface area contributed by atoms with Gasteiger partial charge in [-0.3, -0.25) is 4.48 Å². The van der Waals surface area contributed by atoms with Crippen LogP contribution in [0.2, 0.25) is 0 Å². The van der Waals surface area contributed by atoms with Gasteiger partial charge in [-0.15, -0.1) is 17.4 Å². The normalized spacial score (nSPS) is 22.2. The van der Waals surface area contributed by atoms with Crippen molar-refractivity contribution in [3.63, 3.8) is 0 Å². The largest absolute Gasteiger partial charge is 0.651 e. The van der Waals surface area contributed by atoms with Crippen molar-refractivity contribution in [2.24, 2.45) is 0 Å². The Kier molecular flexibility index (Phi) is 4.67. The molecule has 2 aromatic rings. The van der Waals surface area contributed by atoms with Crippen molar-refractivity contribution in [3.8, 4) is 0 Å². The number of hydrogen-bond donors (Lipinski definition) is 0. The Hall–Kier alpha value is -1.62. The Morgan fingerprint density at radius 3 is 2.48 bits per heavy atom. The molecule has 0 N–H and O–H groups in total. The van der Waals surface area contributed by atoms with Gasteiger partial charge in [-0.05, 0) is 37.0 Å². The van der Waals surface area contributed by atoms with Gasteiger partial charge < -0.3 is 5.32 Å². The number of hydrogen-bond acceptors (Lipinski definition) is 2. The Balaban J connectivity index is 1.55. The van der Waals surface area contributed by atoms with Gasteiger partial charge in [0.25, 0.3) is 0 Å². The van der Waals surface area contributed by atoms with Gasteiger partial charge in [-0.25, -0.2) is 0 Å². The van der Waals surface area contributed by atoms with Crippen LogP contribution in [0.25, 0.3) is 5.32 Å². The molecule has 2 aromatic carbocycles. The van der Waals surface area contributed by atoms with Crippen LogP contribution in [0.4, 0.5) is 11.4 Å².